The number of rotatable bonds is 6. The van der Waals surface area contributed by atoms with Crippen molar-refractivity contribution >= 4 is 17.7 Å². The Kier molecular flexibility index (Phi) is 5.31. The molecular formula is C15H18FN5O2S. The number of hydrogen-bond donors (Lipinski definition) is 2. The average molecular weight is 351 g/mol. The highest BCUT2D eigenvalue weighted by molar-refractivity contribution is 7.99. The first-order chi connectivity index (χ1) is 11.6. The van der Waals surface area contributed by atoms with Crippen molar-refractivity contribution in [2.24, 2.45) is 0 Å². The van der Waals surface area contributed by atoms with Crippen molar-refractivity contribution in [2.75, 3.05) is 24.7 Å². The lowest BCUT2D eigenvalue weighted by molar-refractivity contribution is -0.119. The molecule has 1 amide bonds. The van der Waals surface area contributed by atoms with Crippen molar-refractivity contribution < 1.29 is 13.9 Å². The van der Waals surface area contributed by atoms with Crippen LogP contribution in [0.3, 0.4) is 0 Å². The van der Waals surface area contributed by atoms with E-state index in [0.29, 0.717) is 23.1 Å². The summed E-state index contributed by atoms with van der Waals surface area (Å²) < 4.78 is 20.0. The Morgan fingerprint density at radius 2 is 2.38 bits per heavy atom. The number of nitrogens with zero attached hydrogens (tertiary/aromatic N) is 3. The summed E-state index contributed by atoms with van der Waals surface area (Å²) in [5.74, 6) is 5.96. The van der Waals surface area contributed by atoms with Gasteiger partial charge in [0.2, 0.25) is 11.1 Å². The highest BCUT2D eigenvalue weighted by Gasteiger charge is 2.17. The van der Waals surface area contributed by atoms with E-state index in [9.17, 15) is 9.18 Å². The number of carbonyl (C=O) groups is 1. The third kappa shape index (κ3) is 4.04. The Labute approximate surface area is 142 Å². The average Bonchev–Trinajstić information content (AvgIpc) is 3.21. The lowest BCUT2D eigenvalue weighted by Gasteiger charge is -2.10. The first kappa shape index (κ1) is 16.7. The number of thioether (sulfide) groups is 1. The molecule has 0 aliphatic carbocycles. The monoisotopic (exact) mass is 351 g/mol. The Bertz CT molecular complexity index is 718. The first-order valence-corrected chi connectivity index (χ1v) is 8.59. The van der Waals surface area contributed by atoms with E-state index in [1.54, 1.807) is 12.1 Å². The maximum Gasteiger partial charge on any atom is 0.230 e. The molecule has 0 spiro atoms. The zero-order chi connectivity index (χ0) is 16.9. The highest BCUT2D eigenvalue weighted by atomic mass is 32.2. The quantitative estimate of drug-likeness (QED) is 0.599. The van der Waals surface area contributed by atoms with E-state index in [0.717, 1.165) is 19.4 Å². The van der Waals surface area contributed by atoms with Crippen molar-refractivity contribution in [1.82, 2.24) is 20.2 Å². The first-order valence-electron chi connectivity index (χ1n) is 7.61. The maximum absolute atomic E-state index is 13.3. The van der Waals surface area contributed by atoms with Gasteiger partial charge in [0.25, 0.3) is 0 Å². The second kappa shape index (κ2) is 7.63. The predicted octanol–water partition coefficient (Wildman–Crippen LogP) is 1.19. The molecule has 1 aliphatic heterocycles. The second-order valence-electron chi connectivity index (χ2n) is 5.41. The van der Waals surface area contributed by atoms with Crippen LogP contribution in [0.4, 0.5) is 4.39 Å². The van der Waals surface area contributed by atoms with E-state index < -0.39 is 0 Å². The number of nitrogen functional groups attached to an aromatic ring is 1. The minimum Gasteiger partial charge on any atom is -0.376 e. The van der Waals surface area contributed by atoms with Gasteiger partial charge in [-0.2, -0.15) is 0 Å². The van der Waals surface area contributed by atoms with Crippen molar-refractivity contribution in [3.05, 3.63) is 30.1 Å². The van der Waals surface area contributed by atoms with Crippen LogP contribution in [0.2, 0.25) is 0 Å². The van der Waals surface area contributed by atoms with Gasteiger partial charge in [-0.1, -0.05) is 23.9 Å². The fourth-order valence-electron chi connectivity index (χ4n) is 2.41. The largest absolute Gasteiger partial charge is 0.376 e. The van der Waals surface area contributed by atoms with E-state index >= 15 is 0 Å². The number of carbonyl (C=O) groups excluding carboxylic acids is 1. The number of hydrogen-bond acceptors (Lipinski definition) is 6. The summed E-state index contributed by atoms with van der Waals surface area (Å²) in [7, 11) is 0. The summed E-state index contributed by atoms with van der Waals surface area (Å²) >= 11 is 1.18. The van der Waals surface area contributed by atoms with Gasteiger partial charge in [-0.3, -0.25) is 4.79 Å². The van der Waals surface area contributed by atoms with Gasteiger partial charge in [0.05, 0.1) is 11.9 Å². The van der Waals surface area contributed by atoms with Crippen LogP contribution >= 0.6 is 11.8 Å². The van der Waals surface area contributed by atoms with Crippen molar-refractivity contribution in [3.8, 4) is 11.4 Å². The standard InChI is InChI=1S/C15H18FN5O2S/c16-11-4-1-3-10(7-11)14-19-20-15(21(14)17)24-9-13(22)18-8-12-5-2-6-23-12/h1,3-4,7,12H,2,5-6,8-9,17H2,(H,18,22)/t12-/m1/s1. The Hall–Kier alpha value is -2.13. The molecule has 7 nitrogen and oxygen atoms in total. The van der Waals surface area contributed by atoms with Crippen molar-refractivity contribution in [2.45, 2.75) is 24.1 Å². The van der Waals surface area contributed by atoms with Gasteiger partial charge in [0, 0.05) is 18.7 Å². The minimum absolute atomic E-state index is 0.108. The summed E-state index contributed by atoms with van der Waals surface area (Å²) in [4.78, 5) is 11.9. The molecule has 24 heavy (non-hydrogen) atoms. The molecular weight excluding hydrogens is 333 g/mol. The minimum atomic E-state index is -0.377. The molecule has 1 atom stereocenters. The van der Waals surface area contributed by atoms with Crippen LogP contribution in [0.5, 0.6) is 0 Å². The molecule has 0 unspecified atom stereocenters. The molecule has 3 N–H and O–H groups in total. The van der Waals surface area contributed by atoms with Crippen LogP contribution in [0.15, 0.2) is 29.4 Å². The lowest BCUT2D eigenvalue weighted by Crippen LogP contribution is -2.33. The molecule has 128 valence electrons. The van der Waals surface area contributed by atoms with Crippen LogP contribution < -0.4 is 11.2 Å². The third-order valence-electron chi connectivity index (χ3n) is 3.63. The summed E-state index contributed by atoms with van der Waals surface area (Å²) in [6, 6.07) is 5.94. The van der Waals surface area contributed by atoms with Crippen molar-refractivity contribution in [1.29, 1.82) is 0 Å². The Morgan fingerprint density at radius 1 is 1.50 bits per heavy atom. The second-order valence-corrected chi connectivity index (χ2v) is 6.36. The van der Waals surface area contributed by atoms with Crippen molar-refractivity contribution in [3.63, 3.8) is 0 Å². The zero-order valence-electron chi connectivity index (χ0n) is 12.9. The van der Waals surface area contributed by atoms with E-state index in [-0.39, 0.29) is 23.6 Å². The number of nitrogens with two attached hydrogens (primary N) is 1. The van der Waals surface area contributed by atoms with Gasteiger partial charge in [-0.05, 0) is 25.0 Å². The highest BCUT2D eigenvalue weighted by Crippen LogP contribution is 2.22. The molecule has 0 radical (unpaired) electrons. The van der Waals surface area contributed by atoms with Gasteiger partial charge in [0.1, 0.15) is 5.82 Å². The van der Waals surface area contributed by atoms with E-state index in [1.165, 1.54) is 28.6 Å². The van der Waals surface area contributed by atoms with Crippen LogP contribution in [-0.2, 0) is 9.53 Å². The molecule has 1 fully saturated rings. The Balaban J connectivity index is 1.55. The van der Waals surface area contributed by atoms with Gasteiger partial charge < -0.3 is 15.9 Å². The molecule has 1 saturated heterocycles. The van der Waals surface area contributed by atoms with Crippen LogP contribution in [0, 0.1) is 5.82 Å². The fourth-order valence-corrected chi connectivity index (χ4v) is 3.10. The lowest BCUT2D eigenvalue weighted by atomic mass is 10.2. The predicted molar refractivity (Wildman–Crippen MR) is 88.3 cm³/mol. The van der Waals surface area contributed by atoms with Gasteiger partial charge >= 0.3 is 0 Å². The summed E-state index contributed by atoms with van der Waals surface area (Å²) in [6.07, 6.45) is 2.12. The van der Waals surface area contributed by atoms with Crippen LogP contribution in [0.25, 0.3) is 11.4 Å². The molecule has 2 aromatic rings. The number of aromatic nitrogens is 3. The summed E-state index contributed by atoms with van der Waals surface area (Å²) in [6.45, 7) is 1.28. The molecule has 0 saturated carbocycles. The molecule has 1 aromatic heterocycles. The van der Waals surface area contributed by atoms with Crippen LogP contribution in [0.1, 0.15) is 12.8 Å². The topological polar surface area (TPSA) is 95.1 Å². The molecule has 2 heterocycles. The number of halogens is 1. The van der Waals surface area contributed by atoms with E-state index in [4.69, 9.17) is 10.6 Å². The maximum atomic E-state index is 13.3. The summed E-state index contributed by atoms with van der Waals surface area (Å²) in [5.41, 5.74) is 0.527. The van der Waals surface area contributed by atoms with Gasteiger partial charge in [0.15, 0.2) is 5.82 Å². The molecule has 1 aromatic carbocycles. The zero-order valence-corrected chi connectivity index (χ0v) is 13.8. The number of nitrogens with one attached hydrogen (secondary N) is 1. The molecule has 3 rings (SSSR count). The summed E-state index contributed by atoms with van der Waals surface area (Å²) in [5, 5.41) is 11.1. The van der Waals surface area contributed by atoms with E-state index in [1.807, 2.05) is 0 Å². The van der Waals surface area contributed by atoms with E-state index in [2.05, 4.69) is 15.5 Å². The van der Waals surface area contributed by atoms with Crippen LogP contribution in [-0.4, -0.2) is 45.8 Å². The smallest absolute Gasteiger partial charge is 0.230 e. The SMILES string of the molecule is Nn1c(SCC(=O)NC[C@H]2CCCO2)nnc1-c1cccc(F)c1. The van der Waals surface area contributed by atoms with Gasteiger partial charge in [-0.25, -0.2) is 9.07 Å². The number of amides is 1. The normalized spacial score (nSPS) is 17.1. The fraction of sp³-hybridized carbons (Fsp3) is 0.400. The third-order valence-corrected chi connectivity index (χ3v) is 4.57. The Morgan fingerprint density at radius 3 is 3.12 bits per heavy atom. The molecule has 0 bridgehead atoms. The molecule has 9 heteroatoms. The molecule has 1 aliphatic rings. The van der Waals surface area contributed by atoms with Gasteiger partial charge in [-0.15, -0.1) is 10.2 Å². The number of ether oxygens (including phenoxy) is 1. The number of benzene rings is 1.